The molecule has 0 unspecified atom stereocenters. The van der Waals surface area contributed by atoms with Crippen LogP contribution in [0.3, 0.4) is 0 Å². The molecule has 1 N–H and O–H groups in total. The molecule has 28 heavy (non-hydrogen) atoms. The summed E-state index contributed by atoms with van der Waals surface area (Å²) < 4.78 is 0. The van der Waals surface area contributed by atoms with Crippen LogP contribution in [0.15, 0.2) is 48.5 Å². The number of likely N-dealkylation sites (N-methyl/N-ethyl adjacent to an activating group) is 2. The highest BCUT2D eigenvalue weighted by Crippen LogP contribution is 2.28. The standard InChI is InChI=1S/C19H21ClN4O4/c1-22(2)17(25)12-23(3)18(13-7-5-4-6-8-13)19(26)21-16-10-9-14(24(27)28)11-15(16)20/h4-11,18H,12H2,1-3H3,(H,21,26)/t18-/m0/s1. The second-order valence-corrected chi connectivity index (χ2v) is 6.83. The number of non-ortho nitro benzene ring substituents is 1. The summed E-state index contributed by atoms with van der Waals surface area (Å²) >= 11 is 6.08. The third kappa shape index (κ3) is 5.28. The van der Waals surface area contributed by atoms with Crippen molar-refractivity contribution in [3.8, 4) is 0 Å². The van der Waals surface area contributed by atoms with Gasteiger partial charge in [0, 0.05) is 26.2 Å². The summed E-state index contributed by atoms with van der Waals surface area (Å²) in [7, 11) is 4.96. The first-order valence-electron chi connectivity index (χ1n) is 8.41. The molecule has 0 aliphatic rings. The van der Waals surface area contributed by atoms with Crippen LogP contribution in [0.5, 0.6) is 0 Å². The Bertz CT molecular complexity index is 873. The number of nitrogens with one attached hydrogen (secondary N) is 1. The lowest BCUT2D eigenvalue weighted by molar-refractivity contribution is -0.384. The van der Waals surface area contributed by atoms with Crippen molar-refractivity contribution in [2.24, 2.45) is 0 Å². The van der Waals surface area contributed by atoms with E-state index < -0.39 is 16.9 Å². The predicted octanol–water partition coefficient (Wildman–Crippen LogP) is 2.95. The summed E-state index contributed by atoms with van der Waals surface area (Å²) in [6.07, 6.45) is 0. The number of rotatable bonds is 7. The number of amides is 2. The summed E-state index contributed by atoms with van der Waals surface area (Å²) in [5.74, 6) is -0.555. The number of halogens is 1. The van der Waals surface area contributed by atoms with Gasteiger partial charge in [-0.1, -0.05) is 41.9 Å². The zero-order chi connectivity index (χ0) is 20.8. The van der Waals surface area contributed by atoms with E-state index in [0.29, 0.717) is 5.56 Å². The molecule has 9 heteroatoms. The number of hydrogen-bond donors (Lipinski definition) is 1. The molecule has 0 fully saturated rings. The molecule has 1 atom stereocenters. The monoisotopic (exact) mass is 404 g/mol. The van der Waals surface area contributed by atoms with Crippen molar-refractivity contribution in [2.75, 3.05) is 33.0 Å². The van der Waals surface area contributed by atoms with Crippen LogP contribution < -0.4 is 5.32 Å². The molecule has 2 rings (SSSR count). The van der Waals surface area contributed by atoms with Crippen LogP contribution in [0.1, 0.15) is 11.6 Å². The smallest absolute Gasteiger partial charge is 0.271 e. The lowest BCUT2D eigenvalue weighted by Crippen LogP contribution is -2.41. The second-order valence-electron chi connectivity index (χ2n) is 6.43. The van der Waals surface area contributed by atoms with Gasteiger partial charge < -0.3 is 10.2 Å². The molecule has 0 spiro atoms. The summed E-state index contributed by atoms with van der Waals surface area (Å²) in [6.45, 7) is 0.0357. The molecule has 0 aromatic heterocycles. The molecular formula is C19H21ClN4O4. The third-order valence-corrected chi connectivity index (χ3v) is 4.42. The van der Waals surface area contributed by atoms with E-state index in [1.807, 2.05) is 6.07 Å². The maximum atomic E-state index is 13.0. The van der Waals surface area contributed by atoms with Crippen LogP contribution in [0, 0.1) is 10.1 Å². The van der Waals surface area contributed by atoms with Gasteiger partial charge in [-0.15, -0.1) is 0 Å². The van der Waals surface area contributed by atoms with E-state index in [4.69, 9.17) is 11.6 Å². The summed E-state index contributed by atoms with van der Waals surface area (Å²) in [6, 6.07) is 12.1. The molecule has 2 aromatic rings. The van der Waals surface area contributed by atoms with E-state index in [0.717, 1.165) is 0 Å². The second kappa shape index (κ2) is 9.29. The Kier molecular flexibility index (Phi) is 7.08. The quantitative estimate of drug-likeness (QED) is 0.565. The molecular weight excluding hydrogens is 384 g/mol. The van der Waals surface area contributed by atoms with Crippen LogP contribution >= 0.6 is 11.6 Å². The molecule has 0 aliphatic heterocycles. The van der Waals surface area contributed by atoms with Crippen molar-refractivity contribution < 1.29 is 14.5 Å². The number of carbonyl (C=O) groups is 2. The van der Waals surface area contributed by atoms with Gasteiger partial charge in [0.1, 0.15) is 6.04 Å². The maximum absolute atomic E-state index is 13.0. The number of anilines is 1. The number of hydrogen-bond acceptors (Lipinski definition) is 5. The molecule has 2 amide bonds. The average Bonchev–Trinajstić information content (AvgIpc) is 2.64. The van der Waals surface area contributed by atoms with Crippen molar-refractivity contribution >= 4 is 34.8 Å². The fourth-order valence-corrected chi connectivity index (χ4v) is 2.83. The van der Waals surface area contributed by atoms with Crippen molar-refractivity contribution in [1.29, 1.82) is 0 Å². The van der Waals surface area contributed by atoms with E-state index >= 15 is 0 Å². The molecule has 0 saturated heterocycles. The van der Waals surface area contributed by atoms with Crippen molar-refractivity contribution in [3.63, 3.8) is 0 Å². The lowest BCUT2D eigenvalue weighted by atomic mass is 10.0. The SMILES string of the molecule is CN(C)C(=O)CN(C)[C@H](C(=O)Nc1ccc([N+](=O)[O-])cc1Cl)c1ccccc1. The highest BCUT2D eigenvalue weighted by Gasteiger charge is 2.27. The van der Waals surface area contributed by atoms with Gasteiger partial charge >= 0.3 is 0 Å². The number of nitro benzene ring substituents is 1. The van der Waals surface area contributed by atoms with Crippen LogP contribution in [0.25, 0.3) is 0 Å². The van der Waals surface area contributed by atoms with E-state index in [9.17, 15) is 19.7 Å². The third-order valence-electron chi connectivity index (χ3n) is 4.11. The van der Waals surface area contributed by atoms with Gasteiger partial charge in [-0.05, 0) is 18.7 Å². The van der Waals surface area contributed by atoms with Crippen molar-refractivity contribution in [1.82, 2.24) is 9.80 Å². The minimum atomic E-state index is -0.753. The van der Waals surface area contributed by atoms with Crippen LogP contribution in [-0.4, -0.2) is 54.2 Å². The minimum absolute atomic E-state index is 0.0357. The number of benzene rings is 2. The van der Waals surface area contributed by atoms with Crippen molar-refractivity contribution in [2.45, 2.75) is 6.04 Å². The van der Waals surface area contributed by atoms with Gasteiger partial charge in [0.2, 0.25) is 11.8 Å². The molecule has 0 saturated carbocycles. The van der Waals surface area contributed by atoms with Gasteiger partial charge in [-0.25, -0.2) is 0 Å². The van der Waals surface area contributed by atoms with Gasteiger partial charge in [0.25, 0.3) is 5.69 Å². The molecule has 0 bridgehead atoms. The van der Waals surface area contributed by atoms with Gasteiger partial charge in [-0.2, -0.15) is 0 Å². The first-order chi connectivity index (χ1) is 13.2. The molecule has 0 heterocycles. The number of nitrogens with zero attached hydrogens (tertiary/aromatic N) is 3. The van der Waals surface area contributed by atoms with E-state index in [-0.39, 0.29) is 28.8 Å². The topological polar surface area (TPSA) is 95.8 Å². The minimum Gasteiger partial charge on any atom is -0.348 e. The first-order valence-corrected chi connectivity index (χ1v) is 8.78. The average molecular weight is 405 g/mol. The highest BCUT2D eigenvalue weighted by atomic mass is 35.5. The molecule has 148 valence electrons. The fraction of sp³-hybridized carbons (Fsp3) is 0.263. The Labute approximate surface area is 167 Å². The number of carbonyl (C=O) groups excluding carboxylic acids is 2. The predicted molar refractivity (Wildman–Crippen MR) is 107 cm³/mol. The molecule has 2 aromatic carbocycles. The Balaban J connectivity index is 2.29. The first kappa shape index (κ1) is 21.3. The van der Waals surface area contributed by atoms with Crippen molar-refractivity contribution in [3.05, 3.63) is 69.2 Å². The zero-order valence-electron chi connectivity index (χ0n) is 15.8. The Morgan fingerprint density at radius 2 is 1.79 bits per heavy atom. The summed E-state index contributed by atoms with van der Waals surface area (Å²) in [5, 5.41) is 13.6. The Morgan fingerprint density at radius 3 is 2.32 bits per heavy atom. The van der Waals surface area contributed by atoms with Crippen LogP contribution in [0.2, 0.25) is 5.02 Å². The lowest BCUT2D eigenvalue weighted by Gasteiger charge is -2.28. The zero-order valence-corrected chi connectivity index (χ0v) is 16.5. The molecule has 8 nitrogen and oxygen atoms in total. The highest BCUT2D eigenvalue weighted by molar-refractivity contribution is 6.34. The largest absolute Gasteiger partial charge is 0.348 e. The van der Waals surface area contributed by atoms with E-state index in [2.05, 4.69) is 5.32 Å². The Hall–Kier alpha value is -2.97. The van der Waals surface area contributed by atoms with Gasteiger partial charge in [-0.3, -0.25) is 24.6 Å². The van der Waals surface area contributed by atoms with Gasteiger partial charge in [0.15, 0.2) is 0 Å². The van der Waals surface area contributed by atoms with Crippen LogP contribution in [0.4, 0.5) is 11.4 Å². The number of nitro groups is 1. The molecule has 0 aliphatic carbocycles. The van der Waals surface area contributed by atoms with Gasteiger partial charge in [0.05, 0.1) is 22.2 Å². The molecule has 0 radical (unpaired) electrons. The summed E-state index contributed by atoms with van der Waals surface area (Å²) in [4.78, 5) is 38.5. The normalized spacial score (nSPS) is 11.8. The van der Waals surface area contributed by atoms with Crippen LogP contribution in [-0.2, 0) is 9.59 Å². The van der Waals surface area contributed by atoms with E-state index in [1.165, 1.54) is 23.1 Å². The Morgan fingerprint density at radius 1 is 1.14 bits per heavy atom. The fourth-order valence-electron chi connectivity index (χ4n) is 2.61. The van der Waals surface area contributed by atoms with E-state index in [1.54, 1.807) is 50.3 Å². The maximum Gasteiger partial charge on any atom is 0.271 e. The summed E-state index contributed by atoms with van der Waals surface area (Å²) in [5.41, 5.74) is 0.786.